The van der Waals surface area contributed by atoms with Gasteiger partial charge in [-0.05, 0) is 47.4 Å². The molecule has 2 aromatic carbocycles. The van der Waals surface area contributed by atoms with E-state index in [4.69, 9.17) is 10.1 Å². The first-order valence-electron chi connectivity index (χ1n) is 10.5. The third kappa shape index (κ3) is 3.58. The Morgan fingerprint density at radius 3 is 2.81 bits per heavy atom. The van der Waals surface area contributed by atoms with Crippen molar-refractivity contribution in [1.82, 2.24) is 30.5 Å². The fourth-order valence-corrected chi connectivity index (χ4v) is 4.08. The van der Waals surface area contributed by atoms with Crippen molar-refractivity contribution in [2.75, 3.05) is 13.2 Å². The molecule has 0 fully saturated rings. The number of benzene rings is 2. The highest BCUT2D eigenvalue weighted by atomic mass is 16.3. The molecule has 0 aliphatic carbocycles. The molecule has 0 unspecified atom stereocenters. The molecule has 31 heavy (non-hydrogen) atoms. The third-order valence-electron chi connectivity index (χ3n) is 5.59. The molecule has 7 nitrogen and oxygen atoms in total. The average Bonchev–Trinajstić information content (AvgIpc) is 3.42. The van der Waals surface area contributed by atoms with Crippen LogP contribution in [-0.4, -0.2) is 43.4 Å². The maximum atomic E-state index is 9.06. The lowest BCUT2D eigenvalue weighted by atomic mass is 9.95. The average molecular weight is 412 g/mol. The van der Waals surface area contributed by atoms with Gasteiger partial charge in [0.15, 0.2) is 5.82 Å². The maximum absolute atomic E-state index is 9.06. The summed E-state index contributed by atoms with van der Waals surface area (Å²) in [6.45, 7) is 3.53. The number of H-pyrrole nitrogens is 2. The van der Waals surface area contributed by atoms with E-state index in [0.29, 0.717) is 13.1 Å². The zero-order valence-electron chi connectivity index (χ0n) is 17.3. The van der Waals surface area contributed by atoms with Gasteiger partial charge in [-0.25, -0.2) is 4.98 Å². The number of nitrogens with one attached hydrogen (secondary N) is 3. The summed E-state index contributed by atoms with van der Waals surface area (Å²) in [4.78, 5) is 12.6. The Hall–Kier alpha value is -3.55. The van der Waals surface area contributed by atoms with Gasteiger partial charge in [0, 0.05) is 36.4 Å². The summed E-state index contributed by atoms with van der Waals surface area (Å²) in [6.07, 6.45) is 4.73. The van der Waals surface area contributed by atoms with Gasteiger partial charge in [0.2, 0.25) is 0 Å². The lowest BCUT2D eigenvalue weighted by Crippen LogP contribution is -2.18. The first-order valence-corrected chi connectivity index (χ1v) is 10.5. The molecule has 0 saturated heterocycles. The number of imidazole rings is 1. The number of pyridine rings is 1. The first-order chi connectivity index (χ1) is 15.3. The van der Waals surface area contributed by atoms with Crippen LogP contribution in [-0.2, 0) is 13.0 Å². The molecular formula is C24H24N6O. The number of hydrogen-bond donors (Lipinski definition) is 4. The maximum Gasteiger partial charge on any atom is 0.159 e. The number of rotatable bonds is 7. The quantitative estimate of drug-likeness (QED) is 0.305. The molecule has 0 saturated carbocycles. The monoisotopic (exact) mass is 412 g/mol. The Labute approximate surface area is 179 Å². The third-order valence-corrected chi connectivity index (χ3v) is 5.59. The van der Waals surface area contributed by atoms with E-state index in [2.05, 4.69) is 50.6 Å². The second-order valence-corrected chi connectivity index (χ2v) is 7.51. The zero-order valence-corrected chi connectivity index (χ0v) is 17.3. The molecule has 4 N–H and O–H groups in total. The topological polar surface area (TPSA) is 103 Å². The van der Waals surface area contributed by atoms with Crippen molar-refractivity contribution in [2.45, 2.75) is 19.9 Å². The highest BCUT2D eigenvalue weighted by Crippen LogP contribution is 2.32. The first kappa shape index (κ1) is 19.4. The van der Waals surface area contributed by atoms with Gasteiger partial charge in [-0.2, -0.15) is 5.10 Å². The van der Waals surface area contributed by atoms with Gasteiger partial charge in [0.25, 0.3) is 0 Å². The van der Waals surface area contributed by atoms with Crippen LogP contribution >= 0.6 is 0 Å². The van der Waals surface area contributed by atoms with Gasteiger partial charge in [-0.3, -0.25) is 10.1 Å². The summed E-state index contributed by atoms with van der Waals surface area (Å²) in [5.41, 5.74) is 8.30. The molecule has 0 spiro atoms. The van der Waals surface area contributed by atoms with E-state index in [1.165, 1.54) is 5.56 Å². The smallest absolute Gasteiger partial charge is 0.159 e. The normalized spacial score (nSPS) is 11.5. The van der Waals surface area contributed by atoms with Crippen LogP contribution < -0.4 is 5.32 Å². The number of hydrogen-bond acceptors (Lipinski definition) is 5. The predicted octanol–water partition coefficient (Wildman–Crippen LogP) is 3.81. The Bertz CT molecular complexity index is 1320. The number of aliphatic hydroxyl groups excluding tert-OH is 1. The summed E-state index contributed by atoms with van der Waals surface area (Å²) in [5.74, 6) is 0.750. The second-order valence-electron chi connectivity index (χ2n) is 7.51. The largest absolute Gasteiger partial charge is 0.395 e. The Balaban J connectivity index is 1.59. The lowest BCUT2D eigenvalue weighted by molar-refractivity contribution is 0.292. The van der Waals surface area contributed by atoms with Gasteiger partial charge >= 0.3 is 0 Å². The van der Waals surface area contributed by atoms with Crippen LogP contribution in [0.15, 0.2) is 54.9 Å². The highest BCUT2D eigenvalue weighted by molar-refractivity contribution is 5.95. The van der Waals surface area contributed by atoms with Gasteiger partial charge in [0.05, 0.1) is 23.2 Å². The van der Waals surface area contributed by atoms with Crippen molar-refractivity contribution < 1.29 is 5.11 Å². The van der Waals surface area contributed by atoms with Crippen molar-refractivity contribution in [3.05, 3.63) is 66.0 Å². The second kappa shape index (κ2) is 8.29. The fourth-order valence-electron chi connectivity index (χ4n) is 4.08. The van der Waals surface area contributed by atoms with Gasteiger partial charge < -0.3 is 15.4 Å². The molecule has 3 heterocycles. The minimum atomic E-state index is 0.121. The number of fused-ring (bicyclic) bond motifs is 2. The van der Waals surface area contributed by atoms with E-state index in [9.17, 15) is 0 Å². The number of aromatic amines is 2. The van der Waals surface area contributed by atoms with Crippen LogP contribution in [0.1, 0.15) is 18.1 Å². The molecule has 3 aromatic heterocycles. The van der Waals surface area contributed by atoms with Gasteiger partial charge in [-0.1, -0.05) is 25.1 Å². The van der Waals surface area contributed by atoms with Crippen LogP contribution in [0, 0.1) is 0 Å². The number of aliphatic hydroxyl groups is 1. The summed E-state index contributed by atoms with van der Waals surface area (Å²) < 4.78 is 0. The van der Waals surface area contributed by atoms with Crippen LogP contribution in [0.4, 0.5) is 0 Å². The molecule has 0 amide bonds. The Morgan fingerprint density at radius 2 is 1.97 bits per heavy atom. The molecule has 7 heteroatoms. The molecule has 5 rings (SSSR count). The minimum Gasteiger partial charge on any atom is -0.395 e. The number of para-hydroxylation sites is 2. The van der Waals surface area contributed by atoms with Crippen LogP contribution in [0.25, 0.3) is 44.6 Å². The molecule has 0 atom stereocenters. The van der Waals surface area contributed by atoms with Crippen LogP contribution in [0.5, 0.6) is 0 Å². The van der Waals surface area contributed by atoms with E-state index < -0.39 is 0 Å². The van der Waals surface area contributed by atoms with Crippen molar-refractivity contribution in [2.24, 2.45) is 0 Å². The number of aromatic nitrogens is 5. The molecule has 5 aromatic rings. The molecular weight excluding hydrogens is 388 g/mol. The van der Waals surface area contributed by atoms with E-state index in [-0.39, 0.29) is 6.61 Å². The summed E-state index contributed by atoms with van der Waals surface area (Å²) >= 11 is 0. The van der Waals surface area contributed by atoms with E-state index in [1.54, 1.807) is 0 Å². The SMILES string of the molecule is CCc1c(CNCCO)cncc1-c1ccc2[nH]nc(-c3nc4ccccc4[nH]3)c2c1. The predicted molar refractivity (Wildman–Crippen MR) is 123 cm³/mol. The van der Waals surface area contributed by atoms with E-state index in [0.717, 1.165) is 56.6 Å². The van der Waals surface area contributed by atoms with Crippen molar-refractivity contribution >= 4 is 21.9 Å². The van der Waals surface area contributed by atoms with Crippen molar-refractivity contribution in [1.29, 1.82) is 0 Å². The summed E-state index contributed by atoms with van der Waals surface area (Å²) in [5, 5.41) is 21.0. The summed E-state index contributed by atoms with van der Waals surface area (Å²) in [7, 11) is 0. The van der Waals surface area contributed by atoms with Crippen LogP contribution in [0.3, 0.4) is 0 Å². The molecule has 0 aliphatic heterocycles. The minimum absolute atomic E-state index is 0.121. The molecule has 0 aliphatic rings. The Kier molecular flexibility index (Phi) is 5.19. The summed E-state index contributed by atoms with van der Waals surface area (Å²) in [6, 6.07) is 14.3. The van der Waals surface area contributed by atoms with Gasteiger partial charge in [0.1, 0.15) is 5.69 Å². The highest BCUT2D eigenvalue weighted by Gasteiger charge is 2.15. The standard InChI is InChI=1S/C24H24N6O/c1-2-17-16(12-25-9-10-31)13-26-14-19(17)15-7-8-20-18(11-15)23(30-29-20)24-27-21-5-3-4-6-22(21)28-24/h3-8,11,13-14,25,31H,2,9-10,12H2,1H3,(H,27,28)(H,29,30). The Morgan fingerprint density at radius 1 is 1.06 bits per heavy atom. The molecule has 0 bridgehead atoms. The lowest BCUT2D eigenvalue weighted by Gasteiger charge is -2.14. The van der Waals surface area contributed by atoms with Gasteiger partial charge in [-0.15, -0.1) is 0 Å². The van der Waals surface area contributed by atoms with Crippen LogP contribution in [0.2, 0.25) is 0 Å². The molecule has 0 radical (unpaired) electrons. The van der Waals surface area contributed by atoms with E-state index >= 15 is 0 Å². The molecule has 156 valence electrons. The number of nitrogens with zero attached hydrogens (tertiary/aromatic N) is 3. The fraction of sp³-hybridized carbons (Fsp3) is 0.208. The van der Waals surface area contributed by atoms with Crippen molar-refractivity contribution in [3.8, 4) is 22.6 Å². The van der Waals surface area contributed by atoms with Crippen molar-refractivity contribution in [3.63, 3.8) is 0 Å². The zero-order chi connectivity index (χ0) is 21.2. The van der Waals surface area contributed by atoms with E-state index in [1.807, 2.05) is 36.7 Å².